The first-order valence-electron chi connectivity index (χ1n) is 7.82. The maximum absolute atomic E-state index is 13.3. The lowest BCUT2D eigenvalue weighted by Gasteiger charge is -2.12. The van der Waals surface area contributed by atoms with Crippen molar-refractivity contribution < 1.29 is 18.3 Å². The molecule has 0 bridgehead atoms. The number of hydrogen-bond acceptors (Lipinski definition) is 6. The van der Waals surface area contributed by atoms with Crippen molar-refractivity contribution in [3.8, 4) is 23.0 Å². The van der Waals surface area contributed by atoms with Crippen molar-refractivity contribution in [1.29, 1.82) is 0 Å². The molecular weight excluding hydrogens is 325 g/mol. The molecule has 0 saturated carbocycles. The molecule has 0 spiro atoms. The van der Waals surface area contributed by atoms with E-state index in [0.717, 1.165) is 5.69 Å². The number of rotatable bonds is 7. The molecule has 25 heavy (non-hydrogen) atoms. The quantitative estimate of drug-likeness (QED) is 0.702. The molecule has 0 fully saturated rings. The van der Waals surface area contributed by atoms with Gasteiger partial charge in [-0.2, -0.15) is 0 Å². The average Bonchev–Trinajstić information content (AvgIpc) is 3.10. The lowest BCUT2D eigenvalue weighted by molar-refractivity contribution is 0.340. The minimum absolute atomic E-state index is 0.270. The highest BCUT2D eigenvalue weighted by Crippen LogP contribution is 2.29. The number of benzene rings is 2. The van der Waals surface area contributed by atoms with Crippen molar-refractivity contribution in [2.24, 2.45) is 0 Å². The maximum atomic E-state index is 13.3. The first kappa shape index (κ1) is 16.8. The molecule has 6 nitrogen and oxygen atoms in total. The van der Waals surface area contributed by atoms with Gasteiger partial charge in [-0.05, 0) is 37.3 Å². The Morgan fingerprint density at radius 1 is 1.16 bits per heavy atom. The molecule has 1 heterocycles. The summed E-state index contributed by atoms with van der Waals surface area (Å²) in [5.74, 6) is 1.70. The fraction of sp³-hybridized carbons (Fsp3) is 0.222. The molecule has 0 radical (unpaired) electrons. The third-order valence-corrected chi connectivity index (χ3v) is 3.46. The Labute approximate surface area is 144 Å². The smallest absolute Gasteiger partial charge is 0.247 e. The molecule has 0 aliphatic heterocycles. The van der Waals surface area contributed by atoms with E-state index in [-0.39, 0.29) is 11.7 Å². The van der Waals surface area contributed by atoms with Crippen LogP contribution in [0.25, 0.3) is 11.5 Å². The van der Waals surface area contributed by atoms with Crippen molar-refractivity contribution in [3.63, 3.8) is 0 Å². The van der Waals surface area contributed by atoms with Gasteiger partial charge in [-0.1, -0.05) is 6.07 Å². The molecule has 7 heteroatoms. The van der Waals surface area contributed by atoms with Crippen LogP contribution in [0.3, 0.4) is 0 Å². The zero-order chi connectivity index (χ0) is 17.6. The van der Waals surface area contributed by atoms with Crippen molar-refractivity contribution in [2.45, 2.75) is 13.5 Å². The van der Waals surface area contributed by atoms with E-state index < -0.39 is 0 Å². The van der Waals surface area contributed by atoms with Crippen LogP contribution in [0.1, 0.15) is 12.8 Å². The first-order valence-corrected chi connectivity index (χ1v) is 7.82. The van der Waals surface area contributed by atoms with E-state index in [1.807, 2.05) is 25.1 Å². The van der Waals surface area contributed by atoms with Gasteiger partial charge in [-0.3, -0.25) is 0 Å². The van der Waals surface area contributed by atoms with Crippen molar-refractivity contribution >= 4 is 5.69 Å². The van der Waals surface area contributed by atoms with Crippen LogP contribution >= 0.6 is 0 Å². The zero-order valence-corrected chi connectivity index (χ0v) is 14.0. The molecule has 0 unspecified atom stereocenters. The summed E-state index contributed by atoms with van der Waals surface area (Å²) in [5.41, 5.74) is 1.29. The summed E-state index contributed by atoms with van der Waals surface area (Å²) < 4.78 is 29.7. The standard InChI is InChI=1S/C18H18FN3O3/c1-3-24-16-8-7-14(23-2)10-15(16)20-11-17-21-22-18(25-17)12-5-4-6-13(19)9-12/h4-10,20H,3,11H2,1-2H3. The Kier molecular flexibility index (Phi) is 5.13. The van der Waals surface area contributed by atoms with Gasteiger partial charge in [0, 0.05) is 11.6 Å². The van der Waals surface area contributed by atoms with Crippen LogP contribution in [0, 0.1) is 5.82 Å². The SMILES string of the molecule is CCOc1ccc(OC)cc1NCc1nnc(-c2cccc(F)c2)o1. The van der Waals surface area contributed by atoms with E-state index in [2.05, 4.69) is 15.5 Å². The second-order valence-corrected chi connectivity index (χ2v) is 5.16. The van der Waals surface area contributed by atoms with Gasteiger partial charge in [-0.25, -0.2) is 4.39 Å². The molecule has 0 atom stereocenters. The predicted molar refractivity (Wildman–Crippen MR) is 91.2 cm³/mol. The first-order chi connectivity index (χ1) is 12.2. The number of hydrogen-bond donors (Lipinski definition) is 1. The van der Waals surface area contributed by atoms with E-state index in [0.29, 0.717) is 36.1 Å². The highest BCUT2D eigenvalue weighted by molar-refractivity contribution is 5.59. The number of aromatic nitrogens is 2. The lowest BCUT2D eigenvalue weighted by Crippen LogP contribution is -2.03. The van der Waals surface area contributed by atoms with E-state index in [1.54, 1.807) is 19.2 Å². The number of halogens is 1. The van der Waals surface area contributed by atoms with E-state index in [9.17, 15) is 4.39 Å². The Morgan fingerprint density at radius 3 is 2.80 bits per heavy atom. The lowest BCUT2D eigenvalue weighted by atomic mass is 10.2. The van der Waals surface area contributed by atoms with Gasteiger partial charge < -0.3 is 19.2 Å². The fourth-order valence-electron chi connectivity index (χ4n) is 2.29. The van der Waals surface area contributed by atoms with Gasteiger partial charge in [-0.15, -0.1) is 10.2 Å². The number of nitrogens with zero attached hydrogens (tertiary/aromatic N) is 2. The average molecular weight is 343 g/mol. The minimum Gasteiger partial charge on any atom is -0.497 e. The van der Waals surface area contributed by atoms with Gasteiger partial charge >= 0.3 is 0 Å². The second kappa shape index (κ2) is 7.65. The highest BCUT2D eigenvalue weighted by atomic mass is 19.1. The van der Waals surface area contributed by atoms with Crippen molar-refractivity contribution in [3.05, 3.63) is 54.2 Å². The number of methoxy groups -OCH3 is 1. The van der Waals surface area contributed by atoms with Crippen LogP contribution in [0.5, 0.6) is 11.5 Å². The van der Waals surface area contributed by atoms with Gasteiger partial charge in [0.05, 0.1) is 25.9 Å². The van der Waals surface area contributed by atoms with Gasteiger partial charge in [0.15, 0.2) is 0 Å². The summed E-state index contributed by atoms with van der Waals surface area (Å²) >= 11 is 0. The third-order valence-electron chi connectivity index (χ3n) is 3.46. The normalized spacial score (nSPS) is 10.5. The molecule has 130 valence electrons. The molecule has 2 aromatic carbocycles. The number of ether oxygens (including phenoxy) is 2. The number of anilines is 1. The molecule has 3 aromatic rings. The van der Waals surface area contributed by atoms with E-state index in [1.165, 1.54) is 12.1 Å². The molecule has 0 saturated heterocycles. The molecule has 3 rings (SSSR count). The minimum atomic E-state index is -0.354. The van der Waals surface area contributed by atoms with Gasteiger partial charge in [0.1, 0.15) is 17.3 Å². The van der Waals surface area contributed by atoms with Crippen LogP contribution in [0.4, 0.5) is 10.1 Å². The molecule has 1 aromatic heterocycles. The largest absolute Gasteiger partial charge is 0.497 e. The Bertz CT molecular complexity index is 851. The fourth-order valence-corrected chi connectivity index (χ4v) is 2.29. The Hall–Kier alpha value is -3.09. The molecule has 0 aliphatic carbocycles. The van der Waals surface area contributed by atoms with Crippen LogP contribution in [0.2, 0.25) is 0 Å². The van der Waals surface area contributed by atoms with Crippen molar-refractivity contribution in [1.82, 2.24) is 10.2 Å². The van der Waals surface area contributed by atoms with Crippen LogP contribution < -0.4 is 14.8 Å². The summed E-state index contributed by atoms with van der Waals surface area (Å²) in [6.07, 6.45) is 0. The monoisotopic (exact) mass is 343 g/mol. The topological polar surface area (TPSA) is 69.4 Å². The van der Waals surface area contributed by atoms with Crippen LogP contribution in [0.15, 0.2) is 46.9 Å². The summed E-state index contributed by atoms with van der Waals surface area (Å²) in [6.45, 7) is 2.76. The summed E-state index contributed by atoms with van der Waals surface area (Å²) in [5, 5.41) is 11.1. The zero-order valence-electron chi connectivity index (χ0n) is 14.0. The Balaban J connectivity index is 1.74. The molecular formula is C18H18FN3O3. The van der Waals surface area contributed by atoms with Crippen LogP contribution in [-0.2, 0) is 6.54 Å². The summed E-state index contributed by atoms with van der Waals surface area (Å²) in [4.78, 5) is 0. The van der Waals surface area contributed by atoms with E-state index in [4.69, 9.17) is 13.9 Å². The van der Waals surface area contributed by atoms with Crippen molar-refractivity contribution in [2.75, 3.05) is 19.0 Å². The van der Waals surface area contributed by atoms with Gasteiger partial charge in [0.25, 0.3) is 0 Å². The maximum Gasteiger partial charge on any atom is 0.247 e. The van der Waals surface area contributed by atoms with Gasteiger partial charge in [0.2, 0.25) is 11.8 Å². The highest BCUT2D eigenvalue weighted by Gasteiger charge is 2.11. The predicted octanol–water partition coefficient (Wildman–Crippen LogP) is 3.90. The van der Waals surface area contributed by atoms with E-state index >= 15 is 0 Å². The Morgan fingerprint density at radius 2 is 2.04 bits per heavy atom. The molecule has 0 aliphatic rings. The second-order valence-electron chi connectivity index (χ2n) is 5.16. The molecule has 0 amide bonds. The third kappa shape index (κ3) is 4.06. The number of nitrogens with one attached hydrogen (secondary N) is 1. The van der Waals surface area contributed by atoms with Crippen LogP contribution in [-0.4, -0.2) is 23.9 Å². The molecule has 1 N–H and O–H groups in total. The summed E-state index contributed by atoms with van der Waals surface area (Å²) in [6, 6.07) is 11.5. The summed E-state index contributed by atoms with van der Waals surface area (Å²) in [7, 11) is 1.60.